The fourth-order valence-electron chi connectivity index (χ4n) is 2.75. The van der Waals surface area contributed by atoms with Crippen molar-refractivity contribution in [3.05, 3.63) is 23.8 Å². The molecule has 4 heteroatoms. The Labute approximate surface area is 127 Å². The van der Waals surface area contributed by atoms with Crippen LogP contribution >= 0.6 is 0 Å². The van der Waals surface area contributed by atoms with Gasteiger partial charge in [-0.25, -0.2) is 0 Å². The van der Waals surface area contributed by atoms with E-state index in [1.54, 1.807) is 14.2 Å². The first-order valence-corrected chi connectivity index (χ1v) is 7.67. The van der Waals surface area contributed by atoms with Crippen molar-refractivity contribution in [1.29, 1.82) is 0 Å². The molecule has 0 spiro atoms. The molecule has 0 aromatic heterocycles. The Hall–Kier alpha value is -1.26. The molecule has 1 aliphatic rings. The van der Waals surface area contributed by atoms with Gasteiger partial charge in [-0.1, -0.05) is 6.07 Å². The summed E-state index contributed by atoms with van der Waals surface area (Å²) in [6, 6.07) is 6.48. The molecule has 1 unspecified atom stereocenters. The maximum Gasteiger partial charge on any atom is 0.160 e. The molecule has 0 amide bonds. The Morgan fingerprint density at radius 2 is 1.95 bits per heavy atom. The van der Waals surface area contributed by atoms with Gasteiger partial charge < -0.3 is 19.9 Å². The van der Waals surface area contributed by atoms with Crippen LogP contribution in [0.15, 0.2) is 18.2 Å². The first kappa shape index (κ1) is 16.1. The molecular weight excluding hydrogens is 266 g/mol. The van der Waals surface area contributed by atoms with E-state index in [9.17, 15) is 0 Å². The third kappa shape index (κ3) is 4.35. The summed E-state index contributed by atoms with van der Waals surface area (Å²) in [7, 11) is 3.31. The van der Waals surface area contributed by atoms with E-state index in [1.165, 1.54) is 18.4 Å². The molecule has 1 aliphatic carbocycles. The van der Waals surface area contributed by atoms with Crippen molar-refractivity contribution in [2.45, 2.75) is 38.6 Å². The van der Waals surface area contributed by atoms with Crippen molar-refractivity contribution in [1.82, 2.24) is 5.32 Å². The van der Waals surface area contributed by atoms with Gasteiger partial charge in [0.15, 0.2) is 11.5 Å². The van der Waals surface area contributed by atoms with Gasteiger partial charge in [0.25, 0.3) is 0 Å². The topological polar surface area (TPSA) is 50.7 Å². The van der Waals surface area contributed by atoms with Crippen molar-refractivity contribution in [2.75, 3.05) is 27.4 Å². The highest BCUT2D eigenvalue weighted by atomic mass is 16.5. The predicted molar refractivity (Wildman–Crippen MR) is 84.1 cm³/mol. The van der Waals surface area contributed by atoms with Gasteiger partial charge in [0, 0.05) is 19.2 Å². The summed E-state index contributed by atoms with van der Waals surface area (Å²) in [6.45, 7) is 3.50. The van der Waals surface area contributed by atoms with Crippen LogP contribution in [0, 0.1) is 5.41 Å². The number of hydrogen-bond donors (Lipinski definition) is 2. The number of hydrogen-bond acceptors (Lipinski definition) is 4. The molecule has 118 valence electrons. The maximum absolute atomic E-state index is 9.10. The average Bonchev–Trinajstić information content (AvgIpc) is 3.25. The zero-order chi connectivity index (χ0) is 15.3. The number of benzene rings is 1. The summed E-state index contributed by atoms with van der Waals surface area (Å²) in [6.07, 6.45) is 4.35. The van der Waals surface area contributed by atoms with Gasteiger partial charge in [-0.05, 0) is 55.7 Å². The number of aliphatic hydroxyl groups is 1. The molecule has 0 aliphatic heterocycles. The average molecular weight is 293 g/mol. The third-order valence-corrected chi connectivity index (χ3v) is 4.41. The van der Waals surface area contributed by atoms with E-state index in [-0.39, 0.29) is 0 Å². The molecule has 1 fully saturated rings. The summed E-state index contributed by atoms with van der Waals surface area (Å²) in [5.41, 5.74) is 1.60. The lowest BCUT2D eigenvalue weighted by Gasteiger charge is -2.20. The molecule has 0 heterocycles. The van der Waals surface area contributed by atoms with Crippen LogP contribution in [0.25, 0.3) is 0 Å². The summed E-state index contributed by atoms with van der Waals surface area (Å²) in [4.78, 5) is 0. The Balaban J connectivity index is 1.86. The van der Waals surface area contributed by atoms with E-state index in [1.807, 2.05) is 12.1 Å². The fourth-order valence-corrected chi connectivity index (χ4v) is 2.75. The largest absolute Gasteiger partial charge is 0.493 e. The first-order chi connectivity index (χ1) is 10.1. The molecule has 1 aromatic rings. The molecule has 4 nitrogen and oxygen atoms in total. The molecule has 1 atom stereocenters. The molecule has 0 bridgehead atoms. The second-order valence-electron chi connectivity index (χ2n) is 6.15. The van der Waals surface area contributed by atoms with Gasteiger partial charge in [0.1, 0.15) is 0 Å². The second-order valence-corrected chi connectivity index (χ2v) is 6.15. The van der Waals surface area contributed by atoms with Crippen molar-refractivity contribution in [3.63, 3.8) is 0 Å². The minimum Gasteiger partial charge on any atom is -0.493 e. The van der Waals surface area contributed by atoms with Crippen LogP contribution < -0.4 is 14.8 Å². The quantitative estimate of drug-likeness (QED) is 0.734. The highest BCUT2D eigenvalue weighted by Gasteiger charge is 2.41. The van der Waals surface area contributed by atoms with E-state index in [0.717, 1.165) is 30.9 Å². The zero-order valence-electron chi connectivity index (χ0n) is 13.3. The lowest BCUT2D eigenvalue weighted by molar-refractivity contribution is 0.242. The van der Waals surface area contributed by atoms with E-state index in [2.05, 4.69) is 18.3 Å². The van der Waals surface area contributed by atoms with Crippen LogP contribution in [0.4, 0.5) is 0 Å². The molecular formula is C17H27NO3. The molecule has 2 N–H and O–H groups in total. The van der Waals surface area contributed by atoms with Crippen LogP contribution in [0.1, 0.15) is 31.7 Å². The SMILES string of the molecule is COc1ccc(CC(C)NCC2(CCO)CC2)cc1OC. The van der Waals surface area contributed by atoms with Crippen molar-refractivity contribution >= 4 is 0 Å². The number of nitrogens with one attached hydrogen (secondary N) is 1. The van der Waals surface area contributed by atoms with E-state index < -0.39 is 0 Å². The third-order valence-electron chi connectivity index (χ3n) is 4.41. The number of ether oxygens (including phenoxy) is 2. The summed E-state index contributed by atoms with van der Waals surface area (Å²) in [5.74, 6) is 1.54. The number of aliphatic hydroxyl groups excluding tert-OH is 1. The monoisotopic (exact) mass is 293 g/mol. The van der Waals surface area contributed by atoms with Crippen LogP contribution in [0.5, 0.6) is 11.5 Å². The zero-order valence-corrected chi connectivity index (χ0v) is 13.3. The molecule has 1 aromatic carbocycles. The Bertz CT molecular complexity index is 457. The lowest BCUT2D eigenvalue weighted by atomic mass is 10.0. The van der Waals surface area contributed by atoms with Crippen molar-refractivity contribution in [3.8, 4) is 11.5 Å². The Morgan fingerprint density at radius 1 is 1.24 bits per heavy atom. The molecule has 0 radical (unpaired) electrons. The fraction of sp³-hybridized carbons (Fsp3) is 0.647. The van der Waals surface area contributed by atoms with Crippen LogP contribution in [0.3, 0.4) is 0 Å². The van der Waals surface area contributed by atoms with Gasteiger partial charge >= 0.3 is 0 Å². The van der Waals surface area contributed by atoms with Gasteiger partial charge in [-0.15, -0.1) is 0 Å². The van der Waals surface area contributed by atoms with Crippen molar-refractivity contribution in [2.24, 2.45) is 5.41 Å². The minimum atomic E-state index is 0.297. The maximum atomic E-state index is 9.10. The summed E-state index contributed by atoms with van der Waals surface area (Å²) < 4.78 is 10.6. The Morgan fingerprint density at radius 3 is 2.52 bits per heavy atom. The number of methoxy groups -OCH3 is 2. The Kier molecular flexibility index (Phi) is 5.48. The predicted octanol–water partition coefficient (Wildman–Crippen LogP) is 2.39. The minimum absolute atomic E-state index is 0.297. The van der Waals surface area contributed by atoms with Gasteiger partial charge in [0.05, 0.1) is 14.2 Å². The molecule has 21 heavy (non-hydrogen) atoms. The van der Waals surface area contributed by atoms with Crippen LogP contribution in [-0.4, -0.2) is 38.5 Å². The second kappa shape index (κ2) is 7.14. The van der Waals surface area contributed by atoms with Gasteiger partial charge in [0.2, 0.25) is 0 Å². The van der Waals surface area contributed by atoms with E-state index in [4.69, 9.17) is 14.6 Å². The summed E-state index contributed by atoms with van der Waals surface area (Å²) >= 11 is 0. The highest BCUT2D eigenvalue weighted by molar-refractivity contribution is 5.43. The van der Waals surface area contributed by atoms with Crippen LogP contribution in [-0.2, 0) is 6.42 Å². The van der Waals surface area contributed by atoms with Crippen LogP contribution in [0.2, 0.25) is 0 Å². The first-order valence-electron chi connectivity index (χ1n) is 7.67. The van der Waals surface area contributed by atoms with Crippen molar-refractivity contribution < 1.29 is 14.6 Å². The van der Waals surface area contributed by atoms with E-state index >= 15 is 0 Å². The molecule has 1 saturated carbocycles. The molecule has 2 rings (SSSR count). The van der Waals surface area contributed by atoms with Gasteiger partial charge in [-0.3, -0.25) is 0 Å². The molecule has 0 saturated heterocycles. The highest BCUT2D eigenvalue weighted by Crippen LogP contribution is 2.48. The van der Waals surface area contributed by atoms with E-state index in [0.29, 0.717) is 18.1 Å². The standard InChI is InChI=1S/C17H27NO3/c1-13(18-12-17(6-7-17)8-9-19)10-14-4-5-15(20-2)16(11-14)21-3/h4-5,11,13,18-19H,6-10,12H2,1-3H3. The lowest BCUT2D eigenvalue weighted by Crippen LogP contribution is -2.33. The normalized spacial score (nSPS) is 17.3. The smallest absolute Gasteiger partial charge is 0.160 e. The summed E-state index contributed by atoms with van der Waals surface area (Å²) in [5, 5.41) is 12.7. The number of rotatable bonds is 9. The van der Waals surface area contributed by atoms with Gasteiger partial charge in [-0.2, -0.15) is 0 Å².